The van der Waals surface area contributed by atoms with E-state index in [2.05, 4.69) is 0 Å². The molecule has 0 bridgehead atoms. The van der Waals surface area contributed by atoms with Gasteiger partial charge < -0.3 is 94.1 Å². The molecule has 0 aromatic carbocycles. The lowest BCUT2D eigenvalue weighted by atomic mass is 9.86. The standard InChI is InChI=1S/C33H58O20/c1-4-17-26(39)23(36)14(13(2)50-17)7-47-10-20-27(40)24(37)15(18(5-34)51-20)8-48-11-21-28(41)25(38)16(31(53-21)33(44)45)9-49-12-22-30(43)32(46-3)29(42)19(6-35)52-22/h13-32,34-43H,4-12H2,1-3H3,(H,44,45)/t13?,14-,15-,16+,17-,18?,19?,20-,21-,22-,23-,24-,25-,26?,27?,28?,29-,30?,31?,32-/m0/s1. The Morgan fingerprint density at radius 1 is 0.528 bits per heavy atom. The summed E-state index contributed by atoms with van der Waals surface area (Å²) in [5.74, 6) is -4.31. The van der Waals surface area contributed by atoms with E-state index in [9.17, 15) is 61.0 Å². The Morgan fingerprint density at radius 2 is 0.962 bits per heavy atom. The second-order valence-corrected chi connectivity index (χ2v) is 14.2. The largest absolute Gasteiger partial charge is 0.479 e. The Labute approximate surface area is 306 Å². The third-order valence-corrected chi connectivity index (χ3v) is 10.9. The molecule has 0 aliphatic carbocycles. The highest BCUT2D eigenvalue weighted by Gasteiger charge is 2.50. The van der Waals surface area contributed by atoms with Crippen molar-refractivity contribution in [3.63, 3.8) is 0 Å². The number of aliphatic hydroxyl groups is 10. The molecule has 310 valence electrons. The molecule has 4 heterocycles. The number of methoxy groups -OCH3 is 1. The van der Waals surface area contributed by atoms with Gasteiger partial charge in [0.1, 0.15) is 61.0 Å². The summed E-state index contributed by atoms with van der Waals surface area (Å²) < 4.78 is 44.7. The lowest BCUT2D eigenvalue weighted by Gasteiger charge is -2.44. The van der Waals surface area contributed by atoms with Crippen molar-refractivity contribution in [1.82, 2.24) is 0 Å². The van der Waals surface area contributed by atoms with E-state index in [4.69, 9.17) is 37.9 Å². The zero-order valence-corrected chi connectivity index (χ0v) is 30.0. The molecule has 0 aromatic rings. The number of rotatable bonds is 17. The summed E-state index contributed by atoms with van der Waals surface area (Å²) in [4.78, 5) is 12.1. The highest BCUT2D eigenvalue weighted by Crippen LogP contribution is 2.32. The van der Waals surface area contributed by atoms with E-state index < -0.39 is 154 Å². The summed E-state index contributed by atoms with van der Waals surface area (Å²) in [5.41, 5.74) is 0. The minimum Gasteiger partial charge on any atom is -0.479 e. The fraction of sp³-hybridized carbons (Fsp3) is 0.970. The van der Waals surface area contributed by atoms with Crippen LogP contribution >= 0.6 is 0 Å². The second-order valence-electron chi connectivity index (χ2n) is 14.2. The van der Waals surface area contributed by atoms with Crippen LogP contribution in [0.15, 0.2) is 0 Å². The normalized spacial score (nSPS) is 46.7. The van der Waals surface area contributed by atoms with Gasteiger partial charge in [-0.15, -0.1) is 0 Å². The molecular weight excluding hydrogens is 716 g/mol. The van der Waals surface area contributed by atoms with E-state index in [1.54, 1.807) is 6.92 Å². The molecule has 20 nitrogen and oxygen atoms in total. The van der Waals surface area contributed by atoms with Crippen LogP contribution in [0, 0.1) is 17.8 Å². The SMILES string of the molecule is CC[C@@H]1OC(C)[C@H](COC[C@@H]2OC(CO)[C@H](COC[C@@H]3OC(C(=O)O)[C@H](COC[C@@H]4OC(CO)[C@H](O)[C@H](OC)C4O)[C@H](O)C3O)[C@H](O)C2O)[C@H](O)C1O. The number of aliphatic carboxylic acids is 1. The first-order chi connectivity index (χ1) is 25.2. The fourth-order valence-electron chi connectivity index (χ4n) is 7.53. The second kappa shape index (κ2) is 20.3. The molecule has 20 atom stereocenters. The van der Waals surface area contributed by atoms with Crippen molar-refractivity contribution in [2.75, 3.05) is 60.0 Å². The van der Waals surface area contributed by atoms with E-state index in [-0.39, 0.29) is 26.4 Å². The number of carbonyl (C=O) groups is 1. The van der Waals surface area contributed by atoms with Crippen LogP contribution in [0.4, 0.5) is 0 Å². The van der Waals surface area contributed by atoms with E-state index in [0.717, 1.165) is 0 Å². The molecule has 53 heavy (non-hydrogen) atoms. The summed E-state index contributed by atoms with van der Waals surface area (Å²) >= 11 is 0. The topological polar surface area (TPSA) is 313 Å². The first-order valence-electron chi connectivity index (χ1n) is 18.0. The molecule has 4 rings (SSSR count). The maximum Gasteiger partial charge on any atom is 0.333 e. The zero-order chi connectivity index (χ0) is 39.1. The van der Waals surface area contributed by atoms with Gasteiger partial charge in [0.25, 0.3) is 0 Å². The van der Waals surface area contributed by atoms with Crippen LogP contribution < -0.4 is 0 Å². The fourth-order valence-corrected chi connectivity index (χ4v) is 7.53. The highest BCUT2D eigenvalue weighted by molar-refractivity contribution is 5.73. The molecule has 0 amide bonds. The molecule has 4 aliphatic rings. The van der Waals surface area contributed by atoms with E-state index in [1.807, 2.05) is 6.92 Å². The van der Waals surface area contributed by atoms with Crippen molar-refractivity contribution in [1.29, 1.82) is 0 Å². The maximum atomic E-state index is 12.1. The number of hydrogen-bond donors (Lipinski definition) is 11. The summed E-state index contributed by atoms with van der Waals surface area (Å²) in [6, 6.07) is 0. The average Bonchev–Trinajstić information content (AvgIpc) is 3.13. The number of hydrogen-bond acceptors (Lipinski definition) is 19. The molecular formula is C33H58O20. The van der Waals surface area contributed by atoms with Crippen LogP contribution in [0.2, 0.25) is 0 Å². The van der Waals surface area contributed by atoms with Gasteiger partial charge in [0, 0.05) is 24.9 Å². The molecule has 20 heteroatoms. The van der Waals surface area contributed by atoms with E-state index >= 15 is 0 Å². The minimum absolute atomic E-state index is 0.0440. The first-order valence-corrected chi connectivity index (χ1v) is 18.0. The van der Waals surface area contributed by atoms with Crippen molar-refractivity contribution in [3.05, 3.63) is 0 Å². The Kier molecular flexibility index (Phi) is 17.0. The average molecular weight is 775 g/mol. The van der Waals surface area contributed by atoms with Crippen molar-refractivity contribution in [2.45, 2.75) is 124 Å². The minimum atomic E-state index is -1.67. The lowest BCUT2D eigenvalue weighted by Crippen LogP contribution is -2.61. The van der Waals surface area contributed by atoms with Gasteiger partial charge in [-0.25, -0.2) is 4.79 Å². The van der Waals surface area contributed by atoms with Crippen molar-refractivity contribution < 1.29 is 98.9 Å². The third kappa shape index (κ3) is 10.2. The van der Waals surface area contributed by atoms with Crippen LogP contribution in [-0.2, 0) is 42.7 Å². The Balaban J connectivity index is 1.26. The smallest absolute Gasteiger partial charge is 0.333 e. The summed E-state index contributed by atoms with van der Waals surface area (Å²) in [6.45, 7) is 0.569. The van der Waals surface area contributed by atoms with Gasteiger partial charge >= 0.3 is 5.97 Å². The van der Waals surface area contributed by atoms with Gasteiger partial charge in [0.2, 0.25) is 0 Å². The van der Waals surface area contributed by atoms with E-state index in [0.29, 0.717) is 6.42 Å². The summed E-state index contributed by atoms with van der Waals surface area (Å²) in [6.07, 6.45) is -20.0. The predicted octanol–water partition coefficient (Wildman–Crippen LogP) is -5.64. The number of carboxylic acids is 1. The van der Waals surface area contributed by atoms with Crippen LogP contribution in [-0.4, -0.2) is 226 Å². The van der Waals surface area contributed by atoms with Crippen molar-refractivity contribution in [2.24, 2.45) is 17.8 Å². The number of carboxylic acid groups (broad SMARTS) is 1. The van der Waals surface area contributed by atoms with Crippen LogP contribution in [0.1, 0.15) is 20.3 Å². The van der Waals surface area contributed by atoms with Crippen molar-refractivity contribution in [3.8, 4) is 0 Å². The van der Waals surface area contributed by atoms with E-state index in [1.165, 1.54) is 7.11 Å². The molecule has 0 radical (unpaired) electrons. The molecule has 11 N–H and O–H groups in total. The molecule has 0 saturated carbocycles. The van der Waals surface area contributed by atoms with Gasteiger partial charge in [-0.3, -0.25) is 0 Å². The third-order valence-electron chi connectivity index (χ3n) is 10.9. The highest BCUT2D eigenvalue weighted by atomic mass is 16.6. The molecule has 4 fully saturated rings. The van der Waals surface area contributed by atoms with Crippen molar-refractivity contribution >= 4 is 5.97 Å². The van der Waals surface area contributed by atoms with Crippen LogP contribution in [0.5, 0.6) is 0 Å². The van der Waals surface area contributed by atoms with Gasteiger partial charge in [-0.05, 0) is 13.3 Å². The van der Waals surface area contributed by atoms with Crippen LogP contribution in [0.3, 0.4) is 0 Å². The predicted molar refractivity (Wildman–Crippen MR) is 174 cm³/mol. The van der Waals surface area contributed by atoms with Gasteiger partial charge in [-0.1, -0.05) is 6.92 Å². The summed E-state index contributed by atoms with van der Waals surface area (Å²) in [7, 11) is 1.26. The Hall–Kier alpha value is -1.25. The maximum absolute atomic E-state index is 12.1. The number of ether oxygens (including phenoxy) is 8. The molecule has 0 aromatic heterocycles. The van der Waals surface area contributed by atoms with Gasteiger partial charge in [0.15, 0.2) is 6.10 Å². The molecule has 8 unspecified atom stereocenters. The molecule has 0 spiro atoms. The monoisotopic (exact) mass is 774 g/mol. The Bertz CT molecular complexity index is 1100. The lowest BCUT2D eigenvalue weighted by molar-refractivity contribution is -0.253. The quantitative estimate of drug-likeness (QED) is 0.0656. The zero-order valence-electron chi connectivity index (χ0n) is 30.0. The Morgan fingerprint density at radius 3 is 1.49 bits per heavy atom. The first kappa shape index (κ1) is 44.5. The van der Waals surface area contributed by atoms with Gasteiger partial charge in [-0.2, -0.15) is 0 Å². The van der Waals surface area contributed by atoms with Gasteiger partial charge in [0.05, 0.1) is 89.5 Å². The molecule has 4 saturated heterocycles. The number of aliphatic hydroxyl groups excluding tert-OH is 10. The molecule has 4 aliphatic heterocycles. The summed E-state index contributed by atoms with van der Waals surface area (Å²) in [5, 5.41) is 114. The van der Waals surface area contributed by atoms with Crippen LogP contribution in [0.25, 0.3) is 0 Å².